The van der Waals surface area contributed by atoms with E-state index in [1.54, 1.807) is 7.11 Å². The third-order valence-corrected chi connectivity index (χ3v) is 5.85. The van der Waals surface area contributed by atoms with Gasteiger partial charge in [0.1, 0.15) is 0 Å². The van der Waals surface area contributed by atoms with Crippen LogP contribution >= 0.6 is 0 Å². The molecule has 0 radical (unpaired) electrons. The van der Waals surface area contributed by atoms with Gasteiger partial charge in [0.2, 0.25) is 0 Å². The third kappa shape index (κ3) is 7.94. The molecule has 1 fully saturated rings. The Bertz CT molecular complexity index is 410. The number of ether oxygens (including phenoxy) is 2. The Hall–Kier alpha value is -0.660. The molecule has 7 heteroatoms. The molecule has 1 rings (SSSR count). The first kappa shape index (κ1) is 21.4. The maximum atomic E-state index is 12.1. The van der Waals surface area contributed by atoms with Crippen LogP contribution in [0, 0.1) is 5.92 Å². The molecule has 2 atom stereocenters. The van der Waals surface area contributed by atoms with Crippen LogP contribution in [0.4, 0.5) is 0 Å². The molecular formula is C17H35N3O3S. The van der Waals surface area contributed by atoms with Crippen LogP contribution in [0.15, 0.2) is 4.99 Å². The second-order valence-corrected chi connectivity index (χ2v) is 9.39. The van der Waals surface area contributed by atoms with Gasteiger partial charge in [0.25, 0.3) is 0 Å². The maximum Gasteiger partial charge on any atom is 0.193 e. The van der Waals surface area contributed by atoms with Crippen molar-refractivity contribution in [2.24, 2.45) is 10.9 Å². The lowest BCUT2D eigenvalue weighted by Gasteiger charge is -2.22. The summed E-state index contributed by atoms with van der Waals surface area (Å²) in [6.45, 7) is 13.5. The molecule has 1 N–H and O–H groups in total. The zero-order chi connectivity index (χ0) is 18.0. The predicted molar refractivity (Wildman–Crippen MR) is 101 cm³/mol. The summed E-state index contributed by atoms with van der Waals surface area (Å²) in [5.41, 5.74) is 0. The van der Waals surface area contributed by atoms with Crippen LogP contribution in [0.5, 0.6) is 0 Å². The smallest absolute Gasteiger partial charge is 0.193 e. The largest absolute Gasteiger partial charge is 0.382 e. The first-order valence-electron chi connectivity index (χ1n) is 8.87. The van der Waals surface area contributed by atoms with E-state index < -0.39 is 10.8 Å². The van der Waals surface area contributed by atoms with Crippen molar-refractivity contribution in [3.63, 3.8) is 0 Å². The van der Waals surface area contributed by atoms with Crippen molar-refractivity contribution >= 4 is 16.8 Å². The number of hydrogen-bond acceptors (Lipinski definition) is 4. The normalized spacial score (nSPS) is 20.5. The molecule has 0 aromatic rings. The number of hydrogen-bond donors (Lipinski definition) is 1. The fraction of sp³-hybridized carbons (Fsp3) is 0.941. The number of guanidine groups is 1. The van der Waals surface area contributed by atoms with E-state index in [4.69, 9.17) is 9.47 Å². The molecule has 1 aliphatic rings. The lowest BCUT2D eigenvalue weighted by molar-refractivity contribution is 0.0536. The molecule has 0 aromatic carbocycles. The van der Waals surface area contributed by atoms with Gasteiger partial charge in [-0.15, -0.1) is 0 Å². The van der Waals surface area contributed by atoms with Crippen molar-refractivity contribution in [1.82, 2.24) is 10.2 Å². The summed E-state index contributed by atoms with van der Waals surface area (Å²) >= 11 is 0. The van der Waals surface area contributed by atoms with Crippen molar-refractivity contribution in [2.75, 3.05) is 58.9 Å². The second-order valence-electron chi connectivity index (χ2n) is 7.07. The maximum absolute atomic E-state index is 12.1. The van der Waals surface area contributed by atoms with Crippen molar-refractivity contribution in [3.8, 4) is 0 Å². The highest BCUT2D eigenvalue weighted by Crippen LogP contribution is 2.17. The minimum Gasteiger partial charge on any atom is -0.382 e. The fourth-order valence-electron chi connectivity index (χ4n) is 2.52. The van der Waals surface area contributed by atoms with Crippen molar-refractivity contribution < 1.29 is 13.7 Å². The van der Waals surface area contributed by atoms with E-state index in [-0.39, 0.29) is 4.75 Å². The van der Waals surface area contributed by atoms with Crippen LogP contribution in [-0.4, -0.2) is 78.7 Å². The van der Waals surface area contributed by atoms with Gasteiger partial charge in [0.15, 0.2) is 5.96 Å². The molecule has 2 unspecified atom stereocenters. The van der Waals surface area contributed by atoms with Gasteiger partial charge in [-0.1, -0.05) is 0 Å². The molecule has 0 aliphatic carbocycles. The van der Waals surface area contributed by atoms with Gasteiger partial charge < -0.3 is 19.7 Å². The number of nitrogens with zero attached hydrogens (tertiary/aromatic N) is 2. The van der Waals surface area contributed by atoms with Crippen molar-refractivity contribution in [1.29, 1.82) is 0 Å². The third-order valence-electron chi connectivity index (χ3n) is 3.93. The number of aliphatic imine (C=N–C) groups is 1. The average Bonchev–Trinajstić information content (AvgIpc) is 2.98. The molecule has 0 aromatic heterocycles. The molecule has 0 saturated carbocycles. The number of nitrogens with one attached hydrogen (secondary N) is 1. The van der Waals surface area contributed by atoms with E-state index in [0.29, 0.717) is 31.4 Å². The number of methoxy groups -OCH3 is 1. The lowest BCUT2D eigenvalue weighted by Crippen LogP contribution is -2.40. The summed E-state index contributed by atoms with van der Waals surface area (Å²) in [6.07, 6.45) is 1.12. The van der Waals surface area contributed by atoms with Crippen LogP contribution in [0.25, 0.3) is 0 Å². The van der Waals surface area contributed by atoms with Gasteiger partial charge in [-0.25, -0.2) is 0 Å². The zero-order valence-electron chi connectivity index (χ0n) is 16.0. The molecule has 1 saturated heterocycles. The quantitative estimate of drug-likeness (QED) is 0.383. The van der Waals surface area contributed by atoms with Gasteiger partial charge in [0.05, 0.1) is 26.4 Å². The number of likely N-dealkylation sites (tertiary alicyclic amines) is 1. The highest BCUT2D eigenvalue weighted by atomic mass is 32.2. The first-order valence-corrected chi connectivity index (χ1v) is 10.2. The zero-order valence-corrected chi connectivity index (χ0v) is 16.8. The van der Waals surface area contributed by atoms with E-state index in [2.05, 4.69) is 22.1 Å². The summed E-state index contributed by atoms with van der Waals surface area (Å²) < 4.78 is 22.6. The topological polar surface area (TPSA) is 63.2 Å². The van der Waals surface area contributed by atoms with Gasteiger partial charge in [0, 0.05) is 54.0 Å². The summed E-state index contributed by atoms with van der Waals surface area (Å²) in [4.78, 5) is 6.96. The Morgan fingerprint density at radius 3 is 2.75 bits per heavy atom. The average molecular weight is 362 g/mol. The van der Waals surface area contributed by atoms with E-state index in [9.17, 15) is 4.21 Å². The monoisotopic (exact) mass is 361 g/mol. The predicted octanol–water partition coefficient (Wildman–Crippen LogP) is 1.48. The molecule has 142 valence electrons. The molecule has 0 spiro atoms. The minimum absolute atomic E-state index is 0.174. The van der Waals surface area contributed by atoms with E-state index in [1.165, 1.54) is 0 Å². The van der Waals surface area contributed by atoms with Gasteiger partial charge in [-0.2, -0.15) is 0 Å². The van der Waals surface area contributed by atoms with E-state index in [1.807, 2.05) is 20.8 Å². The molecule has 24 heavy (non-hydrogen) atoms. The van der Waals surface area contributed by atoms with Crippen LogP contribution in [-0.2, 0) is 20.3 Å². The standard InChI is InChI=1S/C17H35N3O3S/c1-6-18-16(19-8-12-24(21)17(2,3)4)20-9-7-15(13-20)14-23-11-10-22-5/h15H,6-14H2,1-5H3,(H,18,19). The van der Waals surface area contributed by atoms with Crippen molar-refractivity contribution in [2.45, 2.75) is 38.9 Å². The van der Waals surface area contributed by atoms with Crippen molar-refractivity contribution in [3.05, 3.63) is 0 Å². The Kier molecular flexibility index (Phi) is 9.85. The Labute approximate surface area is 149 Å². The highest BCUT2D eigenvalue weighted by molar-refractivity contribution is 7.86. The summed E-state index contributed by atoms with van der Waals surface area (Å²) in [5, 5.41) is 3.35. The lowest BCUT2D eigenvalue weighted by atomic mass is 10.1. The Morgan fingerprint density at radius 2 is 2.12 bits per heavy atom. The SMILES string of the molecule is CCNC(=NCCS(=O)C(C)(C)C)N1CCC(COCCOC)C1. The van der Waals surface area contributed by atoms with E-state index in [0.717, 1.165) is 38.6 Å². The Morgan fingerprint density at radius 1 is 1.38 bits per heavy atom. The number of rotatable bonds is 9. The summed E-state index contributed by atoms with van der Waals surface area (Å²) in [7, 11) is 0.829. The Balaban J connectivity index is 2.44. The van der Waals surface area contributed by atoms with Crippen LogP contribution < -0.4 is 5.32 Å². The molecule has 0 bridgehead atoms. The van der Waals surface area contributed by atoms with Gasteiger partial charge >= 0.3 is 0 Å². The summed E-state index contributed by atoms with van der Waals surface area (Å²) in [5.74, 6) is 2.08. The first-order chi connectivity index (χ1) is 11.4. The molecular weight excluding hydrogens is 326 g/mol. The highest BCUT2D eigenvalue weighted by Gasteiger charge is 2.25. The molecule has 1 heterocycles. The van der Waals surface area contributed by atoms with Crippen LogP contribution in [0.1, 0.15) is 34.1 Å². The molecule has 1 aliphatic heterocycles. The second kappa shape index (κ2) is 11.1. The van der Waals surface area contributed by atoms with E-state index >= 15 is 0 Å². The minimum atomic E-state index is -0.858. The van der Waals surface area contributed by atoms with Gasteiger partial charge in [-0.3, -0.25) is 9.20 Å². The fourth-order valence-corrected chi connectivity index (χ4v) is 3.39. The summed E-state index contributed by atoms with van der Waals surface area (Å²) in [6, 6.07) is 0. The van der Waals surface area contributed by atoms with Crippen LogP contribution in [0.2, 0.25) is 0 Å². The van der Waals surface area contributed by atoms with Crippen LogP contribution in [0.3, 0.4) is 0 Å². The molecule has 6 nitrogen and oxygen atoms in total. The molecule has 0 amide bonds. The van der Waals surface area contributed by atoms with Gasteiger partial charge in [-0.05, 0) is 34.1 Å².